The minimum atomic E-state index is -4.42. The van der Waals surface area contributed by atoms with E-state index in [4.69, 9.17) is 16.3 Å². The highest BCUT2D eigenvalue weighted by atomic mass is 35.5. The summed E-state index contributed by atoms with van der Waals surface area (Å²) in [7, 11) is 0. The van der Waals surface area contributed by atoms with Gasteiger partial charge in [-0.15, -0.1) is 0 Å². The van der Waals surface area contributed by atoms with Crippen molar-refractivity contribution in [2.45, 2.75) is 77.1 Å². The third kappa shape index (κ3) is 6.94. The number of carbonyl (C=O) groups is 2. The molecule has 3 aliphatic rings. The lowest BCUT2D eigenvalue weighted by Gasteiger charge is -2.26. The van der Waals surface area contributed by atoms with E-state index in [9.17, 15) is 22.8 Å². The van der Waals surface area contributed by atoms with E-state index in [1.165, 1.54) is 11.6 Å². The first-order valence-electron chi connectivity index (χ1n) is 12.6. The predicted octanol–water partition coefficient (Wildman–Crippen LogP) is 5.86. The average Bonchev–Trinajstić information content (AvgIpc) is 3.46. The molecule has 0 atom stereocenters. The summed E-state index contributed by atoms with van der Waals surface area (Å²) in [5, 5.41) is 6.42. The molecule has 2 aliphatic carbocycles. The first kappa shape index (κ1) is 28.8. The van der Waals surface area contributed by atoms with Crippen LogP contribution in [-0.4, -0.2) is 29.4 Å². The molecule has 2 saturated carbocycles. The van der Waals surface area contributed by atoms with E-state index in [1.807, 2.05) is 32.0 Å². The third-order valence-electron chi connectivity index (χ3n) is 7.14. The van der Waals surface area contributed by atoms with Crippen molar-refractivity contribution in [2.24, 2.45) is 5.41 Å². The molecule has 0 radical (unpaired) electrons. The van der Waals surface area contributed by atoms with Crippen molar-refractivity contribution in [3.8, 4) is 5.75 Å². The Morgan fingerprint density at radius 2 is 1.89 bits per heavy atom. The van der Waals surface area contributed by atoms with Gasteiger partial charge in [-0.05, 0) is 80.8 Å². The second-order valence-electron chi connectivity index (χ2n) is 9.42. The molecular weight excluding hydrogens is 507 g/mol. The first-order chi connectivity index (χ1) is 17.6. The Morgan fingerprint density at radius 3 is 2.51 bits per heavy atom. The highest BCUT2D eigenvalue weighted by molar-refractivity contribution is 6.30. The molecule has 1 aliphatic heterocycles. The number of hydrogen-bond acceptors (Lipinski definition) is 4. The van der Waals surface area contributed by atoms with Crippen LogP contribution in [0.1, 0.15) is 69.2 Å². The van der Waals surface area contributed by atoms with Crippen molar-refractivity contribution in [3.05, 3.63) is 58.4 Å². The molecule has 202 valence electrons. The molecule has 2 N–H and O–H groups in total. The van der Waals surface area contributed by atoms with Gasteiger partial charge in [0.05, 0.1) is 29.8 Å². The molecule has 0 saturated heterocycles. The molecule has 2 fully saturated rings. The van der Waals surface area contributed by atoms with Crippen LogP contribution in [0.5, 0.6) is 5.75 Å². The Balaban J connectivity index is 0.000000243. The molecule has 0 unspecified atom stereocenters. The monoisotopic (exact) mass is 539 g/mol. The Bertz CT molecular complexity index is 1070. The second-order valence-corrected chi connectivity index (χ2v) is 9.86. The van der Waals surface area contributed by atoms with E-state index in [-0.39, 0.29) is 18.0 Å². The van der Waals surface area contributed by atoms with Gasteiger partial charge in [0.25, 0.3) is 0 Å². The number of alkyl halides is 3. The smallest absolute Gasteiger partial charge is 0.417 e. The normalized spacial score (nSPS) is 23.3. The van der Waals surface area contributed by atoms with Gasteiger partial charge in [0.2, 0.25) is 12.3 Å². The highest BCUT2D eigenvalue weighted by Crippen LogP contribution is 2.56. The SMILES string of the molecule is CC.Clc1ccc2c(c1)CCCO2.O=CNC12CCC(C(=O)NCc3ccc(C(F)(F)F)cn3)(CC1)C2. The van der Waals surface area contributed by atoms with Crippen LogP contribution in [0.2, 0.25) is 5.02 Å². The number of amides is 2. The van der Waals surface area contributed by atoms with E-state index >= 15 is 0 Å². The third-order valence-corrected chi connectivity index (χ3v) is 7.38. The Morgan fingerprint density at radius 1 is 1.16 bits per heavy atom. The summed E-state index contributed by atoms with van der Waals surface area (Å²) in [6.45, 7) is 4.93. The zero-order valence-electron chi connectivity index (χ0n) is 21.1. The fourth-order valence-electron chi connectivity index (χ4n) is 5.22. The molecular formula is C27H33ClF3N3O3. The molecule has 2 bridgehead atoms. The zero-order valence-corrected chi connectivity index (χ0v) is 21.8. The fourth-order valence-corrected chi connectivity index (χ4v) is 5.41. The highest BCUT2D eigenvalue weighted by Gasteiger charge is 2.57. The number of hydrogen-bond donors (Lipinski definition) is 2. The van der Waals surface area contributed by atoms with Crippen LogP contribution in [0.15, 0.2) is 36.5 Å². The first-order valence-corrected chi connectivity index (χ1v) is 13.0. The molecule has 37 heavy (non-hydrogen) atoms. The van der Waals surface area contributed by atoms with Crippen molar-refractivity contribution >= 4 is 23.9 Å². The molecule has 2 amide bonds. The predicted molar refractivity (Wildman–Crippen MR) is 135 cm³/mol. The van der Waals surface area contributed by atoms with Gasteiger partial charge in [0.1, 0.15) is 5.75 Å². The van der Waals surface area contributed by atoms with Crippen molar-refractivity contribution in [2.75, 3.05) is 6.61 Å². The molecule has 2 aromatic rings. The topological polar surface area (TPSA) is 80.3 Å². The molecule has 10 heteroatoms. The summed E-state index contributed by atoms with van der Waals surface area (Å²) in [5.41, 5.74) is 0.0467. The summed E-state index contributed by atoms with van der Waals surface area (Å²) in [4.78, 5) is 27.0. The summed E-state index contributed by atoms with van der Waals surface area (Å²) >= 11 is 5.82. The van der Waals surface area contributed by atoms with Gasteiger partial charge < -0.3 is 15.4 Å². The van der Waals surface area contributed by atoms with Gasteiger partial charge in [-0.25, -0.2) is 0 Å². The maximum absolute atomic E-state index is 12.5. The summed E-state index contributed by atoms with van der Waals surface area (Å²) in [6.07, 6.45) is 2.82. The summed E-state index contributed by atoms with van der Waals surface area (Å²) < 4.78 is 42.9. The lowest BCUT2D eigenvalue weighted by Crippen LogP contribution is -2.40. The van der Waals surface area contributed by atoms with Crippen LogP contribution in [-0.2, 0) is 28.7 Å². The summed E-state index contributed by atoms with van der Waals surface area (Å²) in [5.74, 6) is 0.886. The number of aryl methyl sites for hydroxylation is 1. The van der Waals surface area contributed by atoms with E-state index < -0.39 is 17.2 Å². The van der Waals surface area contributed by atoms with Gasteiger partial charge in [-0.3, -0.25) is 14.6 Å². The molecule has 0 spiro atoms. The second kappa shape index (κ2) is 12.2. The number of halogens is 4. The van der Waals surface area contributed by atoms with Gasteiger partial charge in [0, 0.05) is 16.8 Å². The van der Waals surface area contributed by atoms with Crippen molar-refractivity contribution in [1.29, 1.82) is 0 Å². The molecule has 1 aromatic heterocycles. The average molecular weight is 540 g/mol. The van der Waals surface area contributed by atoms with Crippen LogP contribution >= 0.6 is 11.6 Å². The van der Waals surface area contributed by atoms with Crippen LogP contribution < -0.4 is 15.4 Å². The molecule has 2 heterocycles. The van der Waals surface area contributed by atoms with Crippen molar-refractivity contribution in [3.63, 3.8) is 0 Å². The number of aromatic nitrogens is 1. The van der Waals surface area contributed by atoms with Crippen LogP contribution in [0.4, 0.5) is 13.2 Å². The lowest BCUT2D eigenvalue weighted by molar-refractivity contribution is -0.138. The number of nitrogens with one attached hydrogen (secondary N) is 2. The minimum Gasteiger partial charge on any atom is -0.493 e. The molecule has 5 rings (SSSR count). The lowest BCUT2D eigenvalue weighted by atomic mass is 9.83. The van der Waals surface area contributed by atoms with E-state index in [1.54, 1.807) is 0 Å². The Hall–Kier alpha value is -2.81. The number of ether oxygens (including phenoxy) is 1. The number of fused-ring (bicyclic) bond motifs is 3. The van der Waals surface area contributed by atoms with Gasteiger partial charge in [-0.2, -0.15) is 13.2 Å². The maximum Gasteiger partial charge on any atom is 0.417 e. The van der Waals surface area contributed by atoms with Gasteiger partial charge in [0.15, 0.2) is 0 Å². The number of benzene rings is 1. The molecule has 1 aromatic carbocycles. The van der Waals surface area contributed by atoms with E-state index in [0.717, 1.165) is 55.3 Å². The van der Waals surface area contributed by atoms with Crippen LogP contribution in [0.25, 0.3) is 0 Å². The van der Waals surface area contributed by atoms with Gasteiger partial charge in [-0.1, -0.05) is 25.4 Å². The van der Waals surface area contributed by atoms with E-state index in [2.05, 4.69) is 15.6 Å². The standard InChI is InChI=1S/C16H18F3N3O2.C9H9ClO.C2H6/c17-16(18,19)11-1-2-12(20-7-11)8-21-13(24)14-3-5-15(9-14,6-4-14)22-10-23;10-8-3-4-9-7(6-8)2-1-5-11-9;1-2/h1-2,7,10H,3-6,8-9H2,(H,21,24)(H,22,23);3-4,6H,1-2,5H2;1-2H3. The number of carbonyl (C=O) groups excluding carboxylic acids is 2. The summed E-state index contributed by atoms with van der Waals surface area (Å²) in [6, 6.07) is 8.01. The number of rotatable bonds is 5. The van der Waals surface area contributed by atoms with Gasteiger partial charge >= 0.3 is 6.18 Å². The van der Waals surface area contributed by atoms with Crippen molar-refractivity contribution < 1.29 is 27.5 Å². The fraction of sp³-hybridized carbons (Fsp3) is 0.519. The minimum absolute atomic E-state index is 0.0901. The number of pyridine rings is 1. The van der Waals surface area contributed by atoms with Crippen molar-refractivity contribution in [1.82, 2.24) is 15.6 Å². The zero-order chi connectivity index (χ0) is 27.1. The van der Waals surface area contributed by atoms with E-state index in [0.29, 0.717) is 31.4 Å². The number of nitrogens with zero attached hydrogens (tertiary/aromatic N) is 1. The maximum atomic E-state index is 12.5. The van der Waals surface area contributed by atoms with Crippen LogP contribution in [0.3, 0.4) is 0 Å². The largest absolute Gasteiger partial charge is 0.493 e. The van der Waals surface area contributed by atoms with Crippen LogP contribution in [0, 0.1) is 5.41 Å². The quantitative estimate of drug-likeness (QED) is 0.467. The molecule has 6 nitrogen and oxygen atoms in total. The Labute approximate surface area is 220 Å². The Kier molecular flexibility index (Phi) is 9.45.